The molecule has 1 aromatic carbocycles. The summed E-state index contributed by atoms with van der Waals surface area (Å²) in [5, 5.41) is 20.1. The lowest BCUT2D eigenvalue weighted by molar-refractivity contribution is -0.181. The standard InChI is InChI=1S/C18H23NO7S/c1-10-7-12(8-11(2)14(10)21)15-19(13(20)9-27-15)6-5-18(24,16(22)25-3)17(23)26-4/h7-8,15,21,24H,5-6,9H2,1-4H3. The number of thioether (sulfide) groups is 1. The Balaban J connectivity index is 2.26. The lowest BCUT2D eigenvalue weighted by Crippen LogP contribution is -2.50. The Bertz CT molecular complexity index is 725. The van der Waals surface area contributed by atoms with Crippen molar-refractivity contribution in [3.63, 3.8) is 0 Å². The number of aromatic hydroxyl groups is 1. The van der Waals surface area contributed by atoms with Crippen LogP contribution >= 0.6 is 11.8 Å². The fourth-order valence-corrected chi connectivity index (χ4v) is 4.21. The smallest absolute Gasteiger partial charge is 0.349 e. The second kappa shape index (κ2) is 8.18. The summed E-state index contributed by atoms with van der Waals surface area (Å²) < 4.78 is 9.02. The first-order valence-corrected chi connectivity index (χ1v) is 9.31. The number of esters is 2. The lowest BCUT2D eigenvalue weighted by atomic mass is 9.99. The summed E-state index contributed by atoms with van der Waals surface area (Å²) in [5.74, 6) is -2.02. The molecule has 0 radical (unpaired) electrons. The summed E-state index contributed by atoms with van der Waals surface area (Å²) in [6.45, 7) is 3.49. The van der Waals surface area contributed by atoms with Crippen LogP contribution in [-0.2, 0) is 23.9 Å². The predicted molar refractivity (Wildman–Crippen MR) is 98.1 cm³/mol. The van der Waals surface area contributed by atoms with Gasteiger partial charge in [-0.15, -0.1) is 11.8 Å². The number of carbonyl (C=O) groups is 3. The van der Waals surface area contributed by atoms with Gasteiger partial charge in [0, 0.05) is 13.0 Å². The van der Waals surface area contributed by atoms with E-state index in [0.29, 0.717) is 11.1 Å². The topological polar surface area (TPSA) is 113 Å². The number of aliphatic hydroxyl groups is 1. The summed E-state index contributed by atoms with van der Waals surface area (Å²) in [7, 11) is 2.11. The molecule has 0 aromatic heterocycles. The van der Waals surface area contributed by atoms with Crippen molar-refractivity contribution in [2.24, 2.45) is 0 Å². The Morgan fingerprint density at radius 1 is 1.22 bits per heavy atom. The molecule has 0 spiro atoms. The number of ether oxygens (including phenoxy) is 2. The van der Waals surface area contributed by atoms with Crippen molar-refractivity contribution in [3.05, 3.63) is 28.8 Å². The first-order chi connectivity index (χ1) is 12.7. The molecule has 1 saturated heterocycles. The van der Waals surface area contributed by atoms with E-state index in [1.54, 1.807) is 26.0 Å². The molecule has 1 fully saturated rings. The van der Waals surface area contributed by atoms with E-state index in [4.69, 9.17) is 0 Å². The minimum Gasteiger partial charge on any atom is -0.507 e. The summed E-state index contributed by atoms with van der Waals surface area (Å²) in [4.78, 5) is 37.6. The zero-order valence-electron chi connectivity index (χ0n) is 15.6. The van der Waals surface area contributed by atoms with E-state index >= 15 is 0 Å². The molecule has 9 heteroatoms. The molecule has 1 amide bonds. The third-order valence-electron chi connectivity index (χ3n) is 4.53. The molecule has 1 aliphatic rings. The molecule has 0 saturated carbocycles. The van der Waals surface area contributed by atoms with E-state index in [0.717, 1.165) is 19.8 Å². The molecule has 2 N–H and O–H groups in total. The van der Waals surface area contributed by atoms with E-state index < -0.39 is 17.5 Å². The van der Waals surface area contributed by atoms with Crippen molar-refractivity contribution in [1.29, 1.82) is 0 Å². The molecule has 1 atom stereocenters. The van der Waals surface area contributed by atoms with Crippen LogP contribution in [0, 0.1) is 13.8 Å². The van der Waals surface area contributed by atoms with Crippen LogP contribution in [0.2, 0.25) is 0 Å². The van der Waals surface area contributed by atoms with Crippen molar-refractivity contribution in [2.45, 2.75) is 31.2 Å². The van der Waals surface area contributed by atoms with Gasteiger partial charge in [0.25, 0.3) is 5.60 Å². The molecule has 1 unspecified atom stereocenters. The van der Waals surface area contributed by atoms with Crippen molar-refractivity contribution in [2.75, 3.05) is 26.5 Å². The Hall–Kier alpha value is -2.26. The van der Waals surface area contributed by atoms with Gasteiger partial charge in [-0.25, -0.2) is 9.59 Å². The van der Waals surface area contributed by atoms with Crippen LogP contribution < -0.4 is 0 Å². The van der Waals surface area contributed by atoms with Crippen LogP contribution in [-0.4, -0.2) is 65.1 Å². The van der Waals surface area contributed by atoms with Crippen molar-refractivity contribution in [1.82, 2.24) is 4.90 Å². The molecule has 148 valence electrons. The number of hydrogen-bond acceptors (Lipinski definition) is 8. The zero-order valence-corrected chi connectivity index (χ0v) is 16.5. The molecule has 8 nitrogen and oxygen atoms in total. The summed E-state index contributed by atoms with van der Waals surface area (Å²) >= 11 is 1.39. The van der Waals surface area contributed by atoms with Gasteiger partial charge in [-0.05, 0) is 42.7 Å². The van der Waals surface area contributed by atoms with Crippen molar-refractivity contribution < 1.29 is 34.1 Å². The van der Waals surface area contributed by atoms with Crippen LogP contribution in [0.1, 0.15) is 28.5 Å². The fourth-order valence-electron chi connectivity index (χ4n) is 3.01. The van der Waals surface area contributed by atoms with Gasteiger partial charge < -0.3 is 24.6 Å². The van der Waals surface area contributed by atoms with Gasteiger partial charge in [0.15, 0.2) is 0 Å². The molecule has 0 aliphatic carbocycles. The zero-order chi connectivity index (χ0) is 20.4. The number of methoxy groups -OCH3 is 2. The Kier molecular flexibility index (Phi) is 6.38. The Labute approximate surface area is 161 Å². The first kappa shape index (κ1) is 21.0. The van der Waals surface area contributed by atoms with Crippen LogP contribution in [0.4, 0.5) is 0 Å². The highest BCUT2D eigenvalue weighted by Gasteiger charge is 2.48. The second-order valence-electron chi connectivity index (χ2n) is 6.35. The number of phenolic OH excluding ortho intramolecular Hbond substituents is 1. The monoisotopic (exact) mass is 397 g/mol. The highest BCUT2D eigenvalue weighted by atomic mass is 32.2. The number of rotatable bonds is 6. The van der Waals surface area contributed by atoms with Crippen LogP contribution in [0.25, 0.3) is 0 Å². The maximum Gasteiger partial charge on any atom is 0.349 e. The SMILES string of the molecule is COC(=O)C(O)(CCN1C(=O)CSC1c1cc(C)c(O)c(C)c1)C(=O)OC. The van der Waals surface area contributed by atoms with E-state index in [2.05, 4.69) is 9.47 Å². The average Bonchev–Trinajstić information content (AvgIpc) is 3.02. The van der Waals surface area contributed by atoms with Crippen LogP contribution in [0.15, 0.2) is 12.1 Å². The second-order valence-corrected chi connectivity index (χ2v) is 7.42. The minimum atomic E-state index is -2.48. The molecule has 0 bridgehead atoms. The normalized spacial score (nSPS) is 17.1. The van der Waals surface area contributed by atoms with Gasteiger partial charge in [-0.3, -0.25) is 4.79 Å². The summed E-state index contributed by atoms with van der Waals surface area (Å²) in [6, 6.07) is 3.58. The number of amides is 1. The highest BCUT2D eigenvalue weighted by Crippen LogP contribution is 2.41. The van der Waals surface area contributed by atoms with Gasteiger partial charge in [0.05, 0.1) is 20.0 Å². The summed E-state index contributed by atoms with van der Waals surface area (Å²) in [6.07, 6.45) is -0.356. The molecule has 27 heavy (non-hydrogen) atoms. The van der Waals surface area contributed by atoms with E-state index in [1.807, 2.05) is 0 Å². The lowest BCUT2D eigenvalue weighted by Gasteiger charge is -2.29. The highest BCUT2D eigenvalue weighted by molar-refractivity contribution is 8.00. The minimum absolute atomic E-state index is 0.0455. The molecule has 1 aliphatic heterocycles. The number of carbonyl (C=O) groups excluding carboxylic acids is 3. The third-order valence-corrected chi connectivity index (χ3v) is 5.78. The number of phenols is 1. The quantitative estimate of drug-likeness (QED) is 0.541. The Morgan fingerprint density at radius 2 is 1.74 bits per heavy atom. The van der Waals surface area contributed by atoms with Crippen molar-refractivity contribution >= 4 is 29.6 Å². The maximum atomic E-state index is 12.3. The van der Waals surface area contributed by atoms with E-state index in [-0.39, 0.29) is 35.7 Å². The molecule has 2 rings (SSSR count). The third kappa shape index (κ3) is 4.03. The number of hydrogen-bond donors (Lipinski definition) is 2. The van der Waals surface area contributed by atoms with Gasteiger partial charge in [0.2, 0.25) is 5.91 Å². The predicted octanol–water partition coefficient (Wildman–Crippen LogP) is 1.05. The van der Waals surface area contributed by atoms with E-state index in [1.165, 1.54) is 16.7 Å². The van der Waals surface area contributed by atoms with Gasteiger partial charge in [-0.2, -0.15) is 0 Å². The maximum absolute atomic E-state index is 12.3. The molecular weight excluding hydrogens is 374 g/mol. The number of nitrogens with zero attached hydrogens (tertiary/aromatic N) is 1. The van der Waals surface area contributed by atoms with Gasteiger partial charge >= 0.3 is 11.9 Å². The molecular formula is C18H23NO7S. The summed E-state index contributed by atoms with van der Waals surface area (Å²) in [5.41, 5.74) is -0.295. The fraction of sp³-hybridized carbons (Fsp3) is 0.500. The first-order valence-electron chi connectivity index (χ1n) is 8.26. The van der Waals surface area contributed by atoms with E-state index in [9.17, 15) is 24.6 Å². The van der Waals surface area contributed by atoms with Crippen LogP contribution in [0.5, 0.6) is 5.75 Å². The van der Waals surface area contributed by atoms with Crippen LogP contribution in [0.3, 0.4) is 0 Å². The van der Waals surface area contributed by atoms with Gasteiger partial charge in [-0.1, -0.05) is 0 Å². The average molecular weight is 397 g/mol. The Morgan fingerprint density at radius 3 is 2.22 bits per heavy atom. The largest absolute Gasteiger partial charge is 0.507 e. The molecule has 1 aromatic rings. The van der Waals surface area contributed by atoms with Crippen molar-refractivity contribution in [3.8, 4) is 5.75 Å². The number of aryl methyl sites for hydroxylation is 2. The molecule has 1 heterocycles. The van der Waals surface area contributed by atoms with Gasteiger partial charge in [0.1, 0.15) is 11.1 Å². The number of benzene rings is 1.